The zero-order valence-electron chi connectivity index (χ0n) is 25.4. The highest BCUT2D eigenvalue weighted by Gasteiger charge is 2.43. The van der Waals surface area contributed by atoms with E-state index in [-0.39, 0.29) is 42.9 Å². The predicted octanol–water partition coefficient (Wildman–Crippen LogP) is 5.93. The van der Waals surface area contributed by atoms with Gasteiger partial charge >= 0.3 is 0 Å². The van der Waals surface area contributed by atoms with Crippen molar-refractivity contribution in [3.05, 3.63) is 58.7 Å². The van der Waals surface area contributed by atoms with Gasteiger partial charge in [0, 0.05) is 48.4 Å². The lowest BCUT2D eigenvalue weighted by Crippen LogP contribution is -2.47. The van der Waals surface area contributed by atoms with Crippen molar-refractivity contribution in [1.29, 1.82) is 0 Å². The lowest BCUT2D eigenvalue weighted by molar-refractivity contribution is 0.0963. The van der Waals surface area contributed by atoms with Crippen LogP contribution in [0, 0.1) is 10.8 Å². The fourth-order valence-electron chi connectivity index (χ4n) is 8.88. The Morgan fingerprint density at radius 2 is 0.841 bits per heavy atom. The molecule has 0 atom stereocenters. The fraction of sp³-hybridized carbons (Fsp3) is 0.588. The first kappa shape index (κ1) is 30.3. The minimum atomic E-state index is -3.85. The Bertz CT molecular complexity index is 1580. The lowest BCUT2D eigenvalue weighted by Gasteiger charge is -2.44. The first-order chi connectivity index (χ1) is 21.0. The molecule has 0 bridgehead atoms. The third kappa shape index (κ3) is 5.10. The fourth-order valence-corrected chi connectivity index (χ4v) is 12.1. The molecule has 0 amide bonds. The topological polar surface area (TPSA) is 109 Å². The van der Waals surface area contributed by atoms with Crippen LogP contribution >= 0.6 is 0 Å². The number of carbonyl (C=O) groups is 2. The zero-order chi connectivity index (χ0) is 30.7. The van der Waals surface area contributed by atoms with Gasteiger partial charge in [0.05, 0.1) is 9.79 Å². The van der Waals surface area contributed by atoms with Gasteiger partial charge in [0.15, 0.2) is 11.6 Å². The quantitative estimate of drug-likeness (QED) is 0.351. The SMILES string of the molecule is O=C1c2ccc(S(=O)(=O)N3CCCC4(CCCCC4)C3)cc2C(=O)c2ccc(S(=O)(=O)N3CCCC4(CCCCC4)C3)cc21. The molecule has 10 heteroatoms. The van der Waals surface area contributed by atoms with Crippen molar-refractivity contribution in [2.75, 3.05) is 26.2 Å². The van der Waals surface area contributed by atoms with Gasteiger partial charge in [-0.05, 0) is 98.6 Å². The highest BCUT2D eigenvalue weighted by molar-refractivity contribution is 7.89. The molecule has 2 aromatic carbocycles. The van der Waals surface area contributed by atoms with Crippen molar-refractivity contribution < 1.29 is 26.4 Å². The van der Waals surface area contributed by atoms with Crippen LogP contribution in [0.3, 0.4) is 0 Å². The van der Waals surface area contributed by atoms with Gasteiger partial charge < -0.3 is 0 Å². The minimum Gasteiger partial charge on any atom is -0.289 e. The highest BCUT2D eigenvalue weighted by atomic mass is 32.2. The number of piperidine rings is 2. The molecule has 44 heavy (non-hydrogen) atoms. The summed E-state index contributed by atoms with van der Waals surface area (Å²) in [5.74, 6) is -0.922. The summed E-state index contributed by atoms with van der Waals surface area (Å²) in [6, 6.07) is 8.37. The summed E-state index contributed by atoms with van der Waals surface area (Å²) >= 11 is 0. The number of carbonyl (C=O) groups excluding carboxylic acids is 2. The summed E-state index contributed by atoms with van der Waals surface area (Å²) < 4.78 is 58.4. The van der Waals surface area contributed by atoms with Crippen LogP contribution in [-0.4, -0.2) is 63.2 Å². The van der Waals surface area contributed by atoms with Crippen LogP contribution in [0.4, 0.5) is 0 Å². The van der Waals surface area contributed by atoms with E-state index in [2.05, 4.69) is 0 Å². The first-order valence-electron chi connectivity index (χ1n) is 16.4. The van der Waals surface area contributed by atoms with Crippen LogP contribution in [0.2, 0.25) is 0 Å². The molecule has 8 nitrogen and oxygen atoms in total. The van der Waals surface area contributed by atoms with E-state index in [0.29, 0.717) is 26.2 Å². The summed E-state index contributed by atoms with van der Waals surface area (Å²) in [6.07, 6.45) is 14.8. The average molecular weight is 639 g/mol. The van der Waals surface area contributed by atoms with Crippen LogP contribution < -0.4 is 0 Å². The summed E-state index contributed by atoms with van der Waals surface area (Å²) in [4.78, 5) is 27.4. The standard InChI is InChI=1S/C34H42N2O6S2/c37-31-28-12-10-26(44(41,42)36-20-8-18-34(24-36)15-5-2-6-16-34)22-30(28)32(38)27-11-9-25(21-29(27)31)43(39,40)35-19-7-17-33(23-35)13-3-1-4-14-33/h9-12,21-22H,1-8,13-20,23-24H2. The Balaban J connectivity index is 1.16. The van der Waals surface area contributed by atoms with Crippen LogP contribution in [0.25, 0.3) is 0 Å². The van der Waals surface area contributed by atoms with E-state index in [0.717, 1.165) is 77.0 Å². The average Bonchev–Trinajstić information content (AvgIpc) is 3.04. The lowest BCUT2D eigenvalue weighted by atomic mass is 9.70. The molecule has 7 rings (SSSR count). The molecule has 4 fully saturated rings. The maximum absolute atomic E-state index is 13.8. The van der Waals surface area contributed by atoms with Crippen LogP contribution in [-0.2, 0) is 20.0 Å². The first-order valence-corrected chi connectivity index (χ1v) is 19.3. The maximum Gasteiger partial charge on any atom is 0.243 e. The molecule has 2 saturated carbocycles. The van der Waals surface area contributed by atoms with Gasteiger partial charge in [-0.1, -0.05) is 38.5 Å². The van der Waals surface area contributed by atoms with Gasteiger partial charge in [0.1, 0.15) is 0 Å². The van der Waals surface area contributed by atoms with E-state index in [4.69, 9.17) is 0 Å². The van der Waals surface area contributed by atoms with E-state index in [1.165, 1.54) is 49.2 Å². The van der Waals surface area contributed by atoms with Gasteiger partial charge in [-0.3, -0.25) is 9.59 Å². The van der Waals surface area contributed by atoms with Crippen molar-refractivity contribution in [3.8, 4) is 0 Å². The largest absolute Gasteiger partial charge is 0.289 e. The number of nitrogens with zero attached hydrogens (tertiary/aromatic N) is 2. The predicted molar refractivity (Wildman–Crippen MR) is 167 cm³/mol. The normalized spacial score (nSPS) is 24.3. The smallest absolute Gasteiger partial charge is 0.243 e. The number of hydrogen-bond acceptors (Lipinski definition) is 6. The van der Waals surface area contributed by atoms with Gasteiger partial charge in [-0.2, -0.15) is 8.61 Å². The molecular weight excluding hydrogens is 597 g/mol. The molecule has 2 saturated heterocycles. The van der Waals surface area contributed by atoms with E-state index in [1.54, 1.807) is 8.61 Å². The van der Waals surface area contributed by atoms with Crippen molar-refractivity contribution >= 4 is 31.6 Å². The molecule has 0 N–H and O–H groups in total. The Kier molecular flexibility index (Phi) is 7.66. The third-order valence-corrected chi connectivity index (χ3v) is 15.0. The monoisotopic (exact) mass is 638 g/mol. The number of rotatable bonds is 4. The zero-order valence-corrected chi connectivity index (χ0v) is 27.0. The maximum atomic E-state index is 13.8. The second-order valence-electron chi connectivity index (χ2n) is 14.1. The summed E-state index contributed by atoms with van der Waals surface area (Å²) in [5.41, 5.74) is 0.394. The molecule has 2 heterocycles. The van der Waals surface area contributed by atoms with E-state index in [9.17, 15) is 26.4 Å². The molecular formula is C34H42N2O6S2. The summed E-state index contributed by atoms with van der Waals surface area (Å²) in [6.45, 7) is 1.90. The van der Waals surface area contributed by atoms with Crippen LogP contribution in [0.5, 0.6) is 0 Å². The molecule has 0 radical (unpaired) electrons. The van der Waals surface area contributed by atoms with E-state index in [1.807, 2.05) is 0 Å². The van der Waals surface area contributed by atoms with E-state index >= 15 is 0 Å². The Morgan fingerprint density at radius 1 is 0.477 bits per heavy atom. The molecule has 2 aromatic rings. The number of fused-ring (bicyclic) bond motifs is 2. The molecule has 2 spiro atoms. The van der Waals surface area contributed by atoms with Crippen molar-refractivity contribution in [3.63, 3.8) is 0 Å². The molecule has 0 aromatic heterocycles. The van der Waals surface area contributed by atoms with Crippen LogP contribution in [0.1, 0.15) is 122 Å². The Hall–Kier alpha value is -2.40. The third-order valence-electron chi connectivity index (χ3n) is 11.3. The Labute approximate surface area is 261 Å². The number of sulfonamides is 2. The molecule has 3 aliphatic carbocycles. The van der Waals surface area contributed by atoms with Crippen molar-refractivity contribution in [2.45, 2.75) is 99.7 Å². The van der Waals surface area contributed by atoms with E-state index < -0.39 is 31.6 Å². The highest BCUT2D eigenvalue weighted by Crippen LogP contribution is 2.46. The summed E-state index contributed by atoms with van der Waals surface area (Å²) in [5, 5.41) is 0. The number of hydrogen-bond donors (Lipinski definition) is 0. The number of benzene rings is 2. The van der Waals surface area contributed by atoms with Crippen molar-refractivity contribution in [1.82, 2.24) is 8.61 Å². The summed E-state index contributed by atoms with van der Waals surface area (Å²) in [7, 11) is -7.71. The van der Waals surface area contributed by atoms with Gasteiger partial charge in [-0.25, -0.2) is 16.8 Å². The van der Waals surface area contributed by atoms with Gasteiger partial charge in [0.2, 0.25) is 20.0 Å². The molecule has 5 aliphatic rings. The molecule has 2 aliphatic heterocycles. The second kappa shape index (κ2) is 11.1. The van der Waals surface area contributed by atoms with Gasteiger partial charge in [-0.15, -0.1) is 0 Å². The molecule has 0 unspecified atom stereocenters. The number of ketones is 2. The molecule has 236 valence electrons. The van der Waals surface area contributed by atoms with Crippen molar-refractivity contribution in [2.24, 2.45) is 10.8 Å². The minimum absolute atomic E-state index is 0.0228. The Morgan fingerprint density at radius 3 is 1.23 bits per heavy atom. The van der Waals surface area contributed by atoms with Crippen LogP contribution in [0.15, 0.2) is 46.2 Å². The second-order valence-corrected chi connectivity index (χ2v) is 18.0. The van der Waals surface area contributed by atoms with Gasteiger partial charge in [0.25, 0.3) is 0 Å².